The van der Waals surface area contributed by atoms with E-state index in [0.717, 1.165) is 11.1 Å². The summed E-state index contributed by atoms with van der Waals surface area (Å²) in [5.74, 6) is 0.254. The maximum absolute atomic E-state index is 12.4. The number of phenolic OH excluding ortho intramolecular Hbond substituents is 1. The van der Waals surface area contributed by atoms with Gasteiger partial charge in [0.15, 0.2) is 5.78 Å². The van der Waals surface area contributed by atoms with E-state index < -0.39 is 0 Å². The number of aromatic hydroxyl groups is 1. The molecule has 0 bridgehead atoms. The summed E-state index contributed by atoms with van der Waals surface area (Å²) in [6.45, 7) is 2.63. The highest BCUT2D eigenvalue weighted by Gasteiger charge is 2.14. The van der Waals surface area contributed by atoms with Crippen molar-refractivity contribution in [1.29, 1.82) is 0 Å². The van der Waals surface area contributed by atoms with Crippen LogP contribution in [-0.2, 0) is 6.54 Å². The normalized spacial score (nSPS) is 11.2. The van der Waals surface area contributed by atoms with Crippen LogP contribution in [0.3, 0.4) is 0 Å². The molecule has 0 radical (unpaired) electrons. The molecule has 1 N–H and O–H groups in total. The lowest BCUT2D eigenvalue weighted by molar-refractivity contribution is 0.104. The molecular weight excluding hydrogens is 302 g/mol. The molecule has 0 aliphatic heterocycles. The number of aryl methyl sites for hydroxylation is 1. The highest BCUT2D eigenvalue weighted by molar-refractivity contribution is 6.08. The predicted octanol–water partition coefficient (Wildman–Crippen LogP) is 3.67. The number of benzene rings is 2. The smallest absolute Gasteiger partial charge is 0.189 e. The van der Waals surface area contributed by atoms with E-state index in [2.05, 4.69) is 0 Å². The number of ether oxygens (including phenoxy) is 1. The summed E-state index contributed by atoms with van der Waals surface area (Å²) in [6, 6.07) is 11.1. The van der Waals surface area contributed by atoms with Crippen LogP contribution in [-0.4, -0.2) is 37.0 Å². The van der Waals surface area contributed by atoms with Gasteiger partial charge in [-0.05, 0) is 38.7 Å². The first-order valence-electron chi connectivity index (χ1n) is 7.74. The van der Waals surface area contributed by atoms with Crippen LogP contribution in [0, 0.1) is 6.92 Å². The molecule has 126 valence electrons. The van der Waals surface area contributed by atoms with Gasteiger partial charge in [0, 0.05) is 18.2 Å². The summed E-state index contributed by atoms with van der Waals surface area (Å²) in [5, 5.41) is 10.1. The second-order valence-corrected chi connectivity index (χ2v) is 6.03. The number of nitrogens with zero attached hydrogens (tertiary/aromatic N) is 1. The van der Waals surface area contributed by atoms with Crippen LogP contribution in [0.2, 0.25) is 0 Å². The van der Waals surface area contributed by atoms with Gasteiger partial charge in [0.2, 0.25) is 0 Å². The number of carbonyl (C=O) groups excluding carboxylic acids is 1. The lowest BCUT2D eigenvalue weighted by atomic mass is 10.0. The molecule has 2 rings (SSSR count). The van der Waals surface area contributed by atoms with Crippen molar-refractivity contribution in [1.82, 2.24) is 4.90 Å². The van der Waals surface area contributed by atoms with E-state index in [4.69, 9.17) is 4.74 Å². The first-order chi connectivity index (χ1) is 11.4. The van der Waals surface area contributed by atoms with Crippen LogP contribution in [0.25, 0.3) is 6.08 Å². The molecular formula is C20H23NO3. The molecule has 0 spiro atoms. The Kier molecular flexibility index (Phi) is 5.77. The number of rotatable bonds is 6. The average molecular weight is 325 g/mol. The van der Waals surface area contributed by atoms with Gasteiger partial charge in [0.25, 0.3) is 0 Å². The van der Waals surface area contributed by atoms with Crippen molar-refractivity contribution < 1.29 is 14.6 Å². The van der Waals surface area contributed by atoms with Crippen molar-refractivity contribution in [2.45, 2.75) is 13.5 Å². The number of hydrogen-bond acceptors (Lipinski definition) is 4. The highest BCUT2D eigenvalue weighted by Crippen LogP contribution is 2.29. The fourth-order valence-corrected chi connectivity index (χ4v) is 2.40. The SMILES string of the molecule is COc1cc(O)c(C(=O)/C=C/c2ccc(C)cc2)cc1CN(C)C. The van der Waals surface area contributed by atoms with Crippen LogP contribution in [0.15, 0.2) is 42.5 Å². The van der Waals surface area contributed by atoms with Gasteiger partial charge in [-0.2, -0.15) is 0 Å². The number of methoxy groups -OCH3 is 1. The lowest BCUT2D eigenvalue weighted by Gasteiger charge is -2.15. The number of phenols is 1. The summed E-state index contributed by atoms with van der Waals surface area (Å²) in [7, 11) is 5.42. The van der Waals surface area contributed by atoms with Crippen molar-refractivity contribution in [3.63, 3.8) is 0 Å². The summed E-state index contributed by atoms with van der Waals surface area (Å²) >= 11 is 0. The van der Waals surface area contributed by atoms with Crippen LogP contribution in [0.1, 0.15) is 27.0 Å². The first kappa shape index (κ1) is 17.8. The van der Waals surface area contributed by atoms with Gasteiger partial charge >= 0.3 is 0 Å². The van der Waals surface area contributed by atoms with Crippen molar-refractivity contribution >= 4 is 11.9 Å². The van der Waals surface area contributed by atoms with Crippen molar-refractivity contribution in [3.05, 3.63) is 64.7 Å². The fourth-order valence-electron chi connectivity index (χ4n) is 2.40. The van der Waals surface area contributed by atoms with E-state index in [1.54, 1.807) is 19.3 Å². The van der Waals surface area contributed by atoms with Gasteiger partial charge in [-0.3, -0.25) is 4.79 Å². The molecule has 0 saturated carbocycles. The Balaban J connectivity index is 2.29. The fraction of sp³-hybridized carbons (Fsp3) is 0.250. The molecule has 0 heterocycles. The van der Waals surface area contributed by atoms with E-state index in [9.17, 15) is 9.90 Å². The second kappa shape index (κ2) is 7.79. The molecule has 0 aromatic heterocycles. The minimum atomic E-state index is -0.240. The lowest BCUT2D eigenvalue weighted by Crippen LogP contribution is -2.12. The molecule has 24 heavy (non-hydrogen) atoms. The van der Waals surface area contributed by atoms with Gasteiger partial charge in [-0.15, -0.1) is 0 Å². The van der Waals surface area contributed by atoms with E-state index in [1.165, 1.54) is 17.7 Å². The molecule has 2 aromatic rings. The van der Waals surface area contributed by atoms with Crippen LogP contribution < -0.4 is 4.74 Å². The molecule has 4 heteroatoms. The summed E-state index contributed by atoms with van der Waals surface area (Å²) in [4.78, 5) is 14.4. The Morgan fingerprint density at radius 3 is 2.46 bits per heavy atom. The highest BCUT2D eigenvalue weighted by atomic mass is 16.5. The van der Waals surface area contributed by atoms with E-state index in [0.29, 0.717) is 12.3 Å². The molecule has 0 saturated heterocycles. The molecule has 0 aliphatic rings. The molecule has 0 fully saturated rings. The van der Waals surface area contributed by atoms with Gasteiger partial charge < -0.3 is 14.7 Å². The molecule has 0 amide bonds. The third-order valence-corrected chi connectivity index (χ3v) is 3.66. The van der Waals surface area contributed by atoms with Crippen molar-refractivity contribution in [2.24, 2.45) is 0 Å². The third-order valence-electron chi connectivity index (χ3n) is 3.66. The second-order valence-electron chi connectivity index (χ2n) is 6.03. The van der Waals surface area contributed by atoms with Gasteiger partial charge in [0.05, 0.1) is 12.7 Å². The Morgan fingerprint density at radius 2 is 1.88 bits per heavy atom. The van der Waals surface area contributed by atoms with E-state index >= 15 is 0 Å². The van der Waals surface area contributed by atoms with Gasteiger partial charge in [0.1, 0.15) is 11.5 Å². The van der Waals surface area contributed by atoms with E-state index in [1.807, 2.05) is 50.2 Å². The molecule has 2 aromatic carbocycles. The Morgan fingerprint density at radius 1 is 1.21 bits per heavy atom. The molecule has 0 atom stereocenters. The van der Waals surface area contributed by atoms with Gasteiger partial charge in [-0.25, -0.2) is 0 Å². The molecule has 4 nitrogen and oxygen atoms in total. The number of allylic oxidation sites excluding steroid dienone is 1. The predicted molar refractivity (Wildman–Crippen MR) is 96.6 cm³/mol. The Bertz CT molecular complexity index is 746. The van der Waals surface area contributed by atoms with Crippen LogP contribution in [0.5, 0.6) is 11.5 Å². The first-order valence-corrected chi connectivity index (χ1v) is 7.74. The standard InChI is InChI=1S/C20H23NO3/c1-14-5-7-15(8-6-14)9-10-18(22)17-11-16(13-21(2)3)20(24-4)12-19(17)23/h5-12,23H,13H2,1-4H3/b10-9+. The van der Waals surface area contributed by atoms with Gasteiger partial charge in [-0.1, -0.05) is 35.9 Å². The zero-order valence-electron chi connectivity index (χ0n) is 14.5. The third kappa shape index (κ3) is 4.46. The maximum atomic E-state index is 12.4. The minimum Gasteiger partial charge on any atom is -0.507 e. The summed E-state index contributed by atoms with van der Waals surface area (Å²) in [5.41, 5.74) is 3.23. The zero-order chi connectivity index (χ0) is 17.7. The molecule has 0 unspecified atom stereocenters. The Labute approximate surface area is 143 Å². The number of hydrogen-bond donors (Lipinski definition) is 1. The quantitative estimate of drug-likeness (QED) is 0.650. The summed E-state index contributed by atoms with van der Waals surface area (Å²) < 4.78 is 5.29. The molecule has 0 aliphatic carbocycles. The van der Waals surface area contributed by atoms with Crippen molar-refractivity contribution in [3.8, 4) is 11.5 Å². The minimum absolute atomic E-state index is 0.0760. The number of carbonyl (C=O) groups is 1. The number of ketones is 1. The topological polar surface area (TPSA) is 49.8 Å². The maximum Gasteiger partial charge on any atom is 0.189 e. The Hall–Kier alpha value is -2.59. The van der Waals surface area contributed by atoms with E-state index in [-0.39, 0.29) is 17.1 Å². The van der Waals surface area contributed by atoms with Crippen LogP contribution >= 0.6 is 0 Å². The average Bonchev–Trinajstić information content (AvgIpc) is 2.54. The zero-order valence-corrected chi connectivity index (χ0v) is 14.5. The monoisotopic (exact) mass is 325 g/mol. The largest absolute Gasteiger partial charge is 0.507 e. The summed E-state index contributed by atoms with van der Waals surface area (Å²) in [6.07, 6.45) is 3.22. The van der Waals surface area contributed by atoms with Crippen LogP contribution in [0.4, 0.5) is 0 Å². The van der Waals surface area contributed by atoms with Crippen molar-refractivity contribution in [2.75, 3.05) is 21.2 Å².